The van der Waals surface area contributed by atoms with E-state index in [0.29, 0.717) is 18.8 Å². The number of nitrogen functional groups attached to an aromatic ring is 2. The van der Waals surface area contributed by atoms with Crippen LogP contribution >= 0.6 is 0 Å². The summed E-state index contributed by atoms with van der Waals surface area (Å²) in [5, 5.41) is 0. The first kappa shape index (κ1) is 12.6. The fourth-order valence-corrected chi connectivity index (χ4v) is 2.25. The van der Waals surface area contributed by atoms with Gasteiger partial charge in [-0.1, -0.05) is 19.3 Å². The van der Waals surface area contributed by atoms with Crippen molar-refractivity contribution in [2.24, 2.45) is 5.92 Å². The normalized spacial score (nSPS) is 16.4. The zero-order valence-corrected chi connectivity index (χ0v) is 10.3. The van der Waals surface area contributed by atoms with Crippen molar-refractivity contribution in [2.75, 3.05) is 18.1 Å². The number of aldehydes is 1. The van der Waals surface area contributed by atoms with Crippen LogP contribution in [0, 0.1) is 5.92 Å². The molecule has 18 heavy (non-hydrogen) atoms. The van der Waals surface area contributed by atoms with E-state index in [1.54, 1.807) is 0 Å². The highest BCUT2D eigenvalue weighted by molar-refractivity contribution is 5.85. The predicted molar refractivity (Wildman–Crippen MR) is 68.3 cm³/mol. The van der Waals surface area contributed by atoms with Gasteiger partial charge in [-0.05, 0) is 18.8 Å². The van der Waals surface area contributed by atoms with Gasteiger partial charge in [0.15, 0.2) is 6.29 Å². The van der Waals surface area contributed by atoms with E-state index >= 15 is 0 Å². The largest absolute Gasteiger partial charge is 0.477 e. The topological polar surface area (TPSA) is 104 Å². The van der Waals surface area contributed by atoms with Gasteiger partial charge in [-0.3, -0.25) is 4.79 Å². The molecule has 0 unspecified atom stereocenters. The van der Waals surface area contributed by atoms with E-state index in [1.165, 1.54) is 19.3 Å². The maximum Gasteiger partial charge on any atom is 0.231 e. The molecular weight excluding hydrogens is 232 g/mol. The third kappa shape index (κ3) is 2.88. The number of nitrogens with zero attached hydrogens (tertiary/aromatic N) is 2. The van der Waals surface area contributed by atoms with Crippen molar-refractivity contribution in [1.82, 2.24) is 9.97 Å². The summed E-state index contributed by atoms with van der Waals surface area (Å²) in [6, 6.07) is 0. The Morgan fingerprint density at radius 3 is 2.61 bits per heavy atom. The molecule has 1 aromatic rings. The van der Waals surface area contributed by atoms with Crippen molar-refractivity contribution >= 4 is 18.1 Å². The van der Waals surface area contributed by atoms with E-state index in [-0.39, 0.29) is 23.2 Å². The van der Waals surface area contributed by atoms with Gasteiger partial charge >= 0.3 is 0 Å². The van der Waals surface area contributed by atoms with Gasteiger partial charge in [0.2, 0.25) is 11.8 Å². The zero-order valence-electron chi connectivity index (χ0n) is 10.3. The molecule has 1 aliphatic rings. The van der Waals surface area contributed by atoms with Crippen LogP contribution in [0.2, 0.25) is 0 Å². The minimum atomic E-state index is 0.0248. The summed E-state index contributed by atoms with van der Waals surface area (Å²) < 4.78 is 5.59. The first-order chi connectivity index (χ1) is 8.70. The van der Waals surface area contributed by atoms with Gasteiger partial charge in [-0.15, -0.1) is 0 Å². The molecule has 2 rings (SSSR count). The van der Waals surface area contributed by atoms with Gasteiger partial charge in [0.25, 0.3) is 0 Å². The zero-order chi connectivity index (χ0) is 13.0. The summed E-state index contributed by atoms with van der Waals surface area (Å²) >= 11 is 0. The predicted octanol–water partition coefficient (Wildman–Crippen LogP) is 1.41. The summed E-state index contributed by atoms with van der Waals surface area (Å²) in [5.74, 6) is 0.809. The van der Waals surface area contributed by atoms with Crippen LogP contribution in [-0.4, -0.2) is 22.9 Å². The van der Waals surface area contributed by atoms with Crippen molar-refractivity contribution < 1.29 is 9.53 Å². The maximum atomic E-state index is 10.9. The lowest BCUT2D eigenvalue weighted by atomic mass is 9.90. The Labute approximate surface area is 106 Å². The molecule has 1 aromatic heterocycles. The fraction of sp³-hybridized carbons (Fsp3) is 0.583. The first-order valence-electron chi connectivity index (χ1n) is 6.21. The third-order valence-corrected chi connectivity index (χ3v) is 3.26. The van der Waals surface area contributed by atoms with Gasteiger partial charge in [-0.2, -0.15) is 9.97 Å². The van der Waals surface area contributed by atoms with Crippen LogP contribution in [-0.2, 0) is 0 Å². The molecule has 0 radical (unpaired) electrons. The lowest BCUT2D eigenvalue weighted by molar-refractivity contribution is 0.111. The molecule has 0 bridgehead atoms. The number of ether oxygens (including phenoxy) is 1. The first-order valence-corrected chi connectivity index (χ1v) is 6.21. The van der Waals surface area contributed by atoms with Crippen molar-refractivity contribution in [1.29, 1.82) is 0 Å². The Hall–Kier alpha value is -1.85. The molecule has 0 aliphatic heterocycles. The van der Waals surface area contributed by atoms with Crippen LogP contribution in [0.25, 0.3) is 0 Å². The van der Waals surface area contributed by atoms with Crippen LogP contribution < -0.4 is 16.2 Å². The van der Waals surface area contributed by atoms with Gasteiger partial charge in [0, 0.05) is 0 Å². The van der Waals surface area contributed by atoms with E-state index in [2.05, 4.69) is 9.97 Å². The highest BCUT2D eigenvalue weighted by Gasteiger charge is 2.17. The minimum absolute atomic E-state index is 0.0248. The van der Waals surface area contributed by atoms with Crippen molar-refractivity contribution in [3.8, 4) is 5.88 Å². The standard InChI is InChI=1S/C12H18N4O2/c13-10-9(6-17)11(16-12(14)15-10)18-7-8-4-2-1-3-5-8/h6,8H,1-5,7H2,(H4,13,14,15,16). The van der Waals surface area contributed by atoms with E-state index in [9.17, 15) is 4.79 Å². The smallest absolute Gasteiger partial charge is 0.231 e. The number of anilines is 2. The second kappa shape index (κ2) is 5.66. The van der Waals surface area contributed by atoms with Crippen LogP contribution in [0.1, 0.15) is 42.5 Å². The molecule has 0 spiro atoms. The van der Waals surface area contributed by atoms with Gasteiger partial charge < -0.3 is 16.2 Å². The van der Waals surface area contributed by atoms with E-state index in [4.69, 9.17) is 16.2 Å². The van der Waals surface area contributed by atoms with Gasteiger partial charge in [0.1, 0.15) is 11.4 Å². The molecule has 1 saturated carbocycles. The number of aromatic nitrogens is 2. The average Bonchev–Trinajstić information content (AvgIpc) is 2.37. The van der Waals surface area contributed by atoms with E-state index in [0.717, 1.165) is 12.8 Å². The van der Waals surface area contributed by atoms with E-state index < -0.39 is 0 Å². The van der Waals surface area contributed by atoms with Gasteiger partial charge in [-0.25, -0.2) is 0 Å². The molecule has 4 N–H and O–H groups in total. The Morgan fingerprint density at radius 1 is 1.22 bits per heavy atom. The Bertz CT molecular complexity index is 430. The summed E-state index contributed by atoms with van der Waals surface area (Å²) in [7, 11) is 0. The summed E-state index contributed by atoms with van der Waals surface area (Å²) in [6.07, 6.45) is 6.69. The summed E-state index contributed by atoms with van der Waals surface area (Å²) in [4.78, 5) is 18.6. The molecule has 1 heterocycles. The molecule has 0 atom stereocenters. The molecule has 0 saturated heterocycles. The number of hydrogen-bond donors (Lipinski definition) is 2. The second-order valence-electron chi connectivity index (χ2n) is 4.62. The lowest BCUT2D eigenvalue weighted by Gasteiger charge is -2.21. The summed E-state index contributed by atoms with van der Waals surface area (Å²) in [6.45, 7) is 0.552. The van der Waals surface area contributed by atoms with Crippen LogP contribution in [0.15, 0.2) is 0 Å². The number of nitrogens with two attached hydrogens (primary N) is 2. The van der Waals surface area contributed by atoms with E-state index in [1.807, 2.05) is 0 Å². The highest BCUT2D eigenvalue weighted by atomic mass is 16.5. The molecule has 0 amide bonds. The molecule has 1 fully saturated rings. The molecule has 0 aromatic carbocycles. The van der Waals surface area contributed by atoms with Crippen LogP contribution in [0.4, 0.5) is 11.8 Å². The monoisotopic (exact) mass is 250 g/mol. The minimum Gasteiger partial charge on any atom is -0.477 e. The summed E-state index contributed by atoms with van der Waals surface area (Å²) in [5.41, 5.74) is 11.3. The SMILES string of the molecule is Nc1nc(N)c(C=O)c(OCC2CCCCC2)n1. The quantitative estimate of drug-likeness (QED) is 0.783. The van der Waals surface area contributed by atoms with Crippen LogP contribution in [0.3, 0.4) is 0 Å². The molecule has 1 aliphatic carbocycles. The maximum absolute atomic E-state index is 10.9. The van der Waals surface area contributed by atoms with Crippen molar-refractivity contribution in [3.63, 3.8) is 0 Å². The molecular formula is C12H18N4O2. The lowest BCUT2D eigenvalue weighted by Crippen LogP contribution is -2.17. The molecule has 98 valence electrons. The van der Waals surface area contributed by atoms with Gasteiger partial charge in [0.05, 0.1) is 6.61 Å². The Kier molecular flexibility index (Phi) is 3.96. The fourth-order valence-electron chi connectivity index (χ4n) is 2.25. The number of rotatable bonds is 4. The second-order valence-corrected chi connectivity index (χ2v) is 4.62. The number of carbonyl (C=O) groups is 1. The number of carbonyl (C=O) groups excluding carboxylic acids is 1. The molecule has 6 nitrogen and oxygen atoms in total. The van der Waals surface area contributed by atoms with Crippen molar-refractivity contribution in [3.05, 3.63) is 5.56 Å². The van der Waals surface area contributed by atoms with Crippen molar-refractivity contribution in [2.45, 2.75) is 32.1 Å². The highest BCUT2D eigenvalue weighted by Crippen LogP contribution is 2.26. The average molecular weight is 250 g/mol. The number of hydrogen-bond acceptors (Lipinski definition) is 6. The molecule has 6 heteroatoms. The van der Waals surface area contributed by atoms with Crippen LogP contribution in [0.5, 0.6) is 5.88 Å². The third-order valence-electron chi connectivity index (χ3n) is 3.26. The Morgan fingerprint density at radius 2 is 1.94 bits per heavy atom. The Balaban J connectivity index is 2.05.